The van der Waals surface area contributed by atoms with Gasteiger partial charge < -0.3 is 9.32 Å². The Balaban J connectivity index is 1.14. The average Bonchev–Trinajstić information content (AvgIpc) is 3.89. The zero-order valence-corrected chi connectivity index (χ0v) is 34.2. The van der Waals surface area contributed by atoms with Crippen molar-refractivity contribution in [2.75, 3.05) is 4.90 Å². The van der Waals surface area contributed by atoms with Crippen molar-refractivity contribution in [2.45, 2.75) is 0 Å². The first-order valence-electron chi connectivity index (χ1n) is 21.2. The van der Waals surface area contributed by atoms with Gasteiger partial charge in [0.15, 0.2) is 0 Å². The van der Waals surface area contributed by atoms with Gasteiger partial charge in [-0.2, -0.15) is 0 Å². The van der Waals surface area contributed by atoms with Crippen LogP contribution in [0.25, 0.3) is 99.7 Å². The molecule has 5 heteroatoms. The fourth-order valence-corrected chi connectivity index (χ4v) is 9.35. The Morgan fingerprint density at radius 3 is 1.89 bits per heavy atom. The van der Waals surface area contributed by atoms with E-state index >= 15 is 0 Å². The summed E-state index contributed by atoms with van der Waals surface area (Å²) >= 11 is 0. The van der Waals surface area contributed by atoms with Gasteiger partial charge in [-0.3, -0.25) is 4.57 Å². The summed E-state index contributed by atoms with van der Waals surface area (Å²) in [7, 11) is 0. The Labute approximate surface area is 363 Å². The molecule has 5 nitrogen and oxygen atoms in total. The fraction of sp³-hybridized carbons (Fsp3) is 0. The monoisotopic (exact) mass is 806 g/mol. The Hall–Kier alpha value is -8.54. The van der Waals surface area contributed by atoms with E-state index in [0.717, 1.165) is 99.7 Å². The second kappa shape index (κ2) is 14.9. The summed E-state index contributed by atoms with van der Waals surface area (Å²) in [6.45, 7) is 3.96. The number of anilines is 3. The Kier molecular flexibility index (Phi) is 8.57. The molecule has 0 fully saturated rings. The molecule has 0 radical (unpaired) electrons. The molecule has 296 valence electrons. The highest BCUT2D eigenvalue weighted by Crippen LogP contribution is 2.46. The molecular weight excluding hydrogens is 769 g/mol. The van der Waals surface area contributed by atoms with E-state index in [4.69, 9.17) is 14.4 Å². The van der Waals surface area contributed by atoms with Crippen LogP contribution in [0, 0.1) is 0 Å². The molecule has 0 aliphatic carbocycles. The highest BCUT2D eigenvalue weighted by molar-refractivity contribution is 6.25. The van der Waals surface area contributed by atoms with Crippen molar-refractivity contribution >= 4 is 88.4 Å². The van der Waals surface area contributed by atoms with Crippen molar-refractivity contribution in [3.05, 3.63) is 225 Å². The van der Waals surface area contributed by atoms with Crippen LogP contribution in [0.1, 0.15) is 5.69 Å². The highest BCUT2D eigenvalue weighted by atomic mass is 16.3. The lowest BCUT2D eigenvalue weighted by atomic mass is 9.91. The average molecular weight is 807 g/mol. The lowest BCUT2D eigenvalue weighted by molar-refractivity contribution is 0.669. The number of benzene rings is 9. The van der Waals surface area contributed by atoms with Crippen LogP contribution in [0.5, 0.6) is 0 Å². The normalized spacial score (nSPS) is 11.8. The van der Waals surface area contributed by atoms with Gasteiger partial charge >= 0.3 is 0 Å². The molecule has 0 N–H and O–H groups in total. The van der Waals surface area contributed by atoms with Gasteiger partial charge in [0.2, 0.25) is 5.95 Å². The smallest absolute Gasteiger partial charge is 0.235 e. The summed E-state index contributed by atoms with van der Waals surface area (Å²) in [6.07, 6.45) is 5.69. The molecule has 12 aromatic rings. The second-order valence-corrected chi connectivity index (χ2v) is 15.8. The minimum atomic E-state index is 0.582. The fourth-order valence-electron chi connectivity index (χ4n) is 9.35. The molecule has 63 heavy (non-hydrogen) atoms. The molecule has 3 aromatic heterocycles. The summed E-state index contributed by atoms with van der Waals surface area (Å²) < 4.78 is 8.46. The van der Waals surface area contributed by atoms with E-state index in [-0.39, 0.29) is 0 Å². The van der Waals surface area contributed by atoms with Gasteiger partial charge in [0, 0.05) is 44.2 Å². The van der Waals surface area contributed by atoms with E-state index < -0.39 is 0 Å². The number of hydrogen-bond acceptors (Lipinski definition) is 4. The Morgan fingerprint density at radius 2 is 1.11 bits per heavy atom. The van der Waals surface area contributed by atoms with Gasteiger partial charge in [-0.05, 0) is 118 Å². The van der Waals surface area contributed by atoms with E-state index in [0.29, 0.717) is 5.95 Å². The van der Waals surface area contributed by atoms with Crippen LogP contribution in [0.15, 0.2) is 223 Å². The summed E-state index contributed by atoms with van der Waals surface area (Å²) in [5.41, 5.74) is 11.8. The molecule has 3 heterocycles. The molecule has 0 aliphatic heterocycles. The third-order valence-corrected chi connectivity index (χ3v) is 12.1. The number of aromatic nitrogens is 3. The van der Waals surface area contributed by atoms with Crippen LogP contribution in [0.2, 0.25) is 0 Å². The SMILES string of the molecule is C=C/C=C\c1cc(-c2ccc3oc4ccccc4c3c2)nc(-n2c3ccccc3c3c4ccccc4c(-c4cc(N(c5ccccc5)c5ccccc5)cc5ccccc45)cc32)n1. The molecule has 0 spiro atoms. The maximum atomic E-state index is 6.21. The Morgan fingerprint density at radius 1 is 0.476 bits per heavy atom. The molecule has 0 saturated heterocycles. The minimum absolute atomic E-state index is 0.582. The first-order chi connectivity index (χ1) is 31.2. The molecule has 0 unspecified atom stereocenters. The Bertz CT molecular complexity index is 3730. The number of furan rings is 1. The topological polar surface area (TPSA) is 47.1 Å². The van der Waals surface area contributed by atoms with Gasteiger partial charge in [-0.25, -0.2) is 9.97 Å². The number of hydrogen-bond donors (Lipinski definition) is 0. The van der Waals surface area contributed by atoms with Gasteiger partial charge in [0.05, 0.1) is 22.4 Å². The van der Waals surface area contributed by atoms with Gasteiger partial charge in [0.25, 0.3) is 0 Å². The third kappa shape index (κ3) is 6.09. The van der Waals surface area contributed by atoms with Crippen molar-refractivity contribution in [2.24, 2.45) is 0 Å². The van der Waals surface area contributed by atoms with E-state index in [2.05, 4.69) is 186 Å². The number of allylic oxidation sites excluding steroid dienone is 2. The van der Waals surface area contributed by atoms with Gasteiger partial charge in [0.1, 0.15) is 11.2 Å². The first kappa shape index (κ1) is 36.3. The zero-order valence-electron chi connectivity index (χ0n) is 34.2. The predicted molar refractivity (Wildman–Crippen MR) is 263 cm³/mol. The summed E-state index contributed by atoms with van der Waals surface area (Å²) in [6, 6.07) is 70.9. The number of fused-ring (bicyclic) bond motifs is 9. The highest BCUT2D eigenvalue weighted by Gasteiger charge is 2.22. The van der Waals surface area contributed by atoms with Crippen LogP contribution < -0.4 is 4.90 Å². The first-order valence-corrected chi connectivity index (χ1v) is 21.2. The van der Waals surface area contributed by atoms with Crippen LogP contribution >= 0.6 is 0 Å². The second-order valence-electron chi connectivity index (χ2n) is 15.8. The molecule has 9 aromatic carbocycles. The lowest BCUT2D eigenvalue weighted by Gasteiger charge is -2.27. The van der Waals surface area contributed by atoms with Crippen LogP contribution in [-0.4, -0.2) is 14.5 Å². The predicted octanol–water partition coefficient (Wildman–Crippen LogP) is 15.8. The third-order valence-electron chi connectivity index (χ3n) is 12.1. The zero-order chi connectivity index (χ0) is 41.9. The van der Waals surface area contributed by atoms with Crippen molar-refractivity contribution in [1.82, 2.24) is 14.5 Å². The van der Waals surface area contributed by atoms with Crippen molar-refractivity contribution in [1.29, 1.82) is 0 Å². The van der Waals surface area contributed by atoms with Crippen LogP contribution in [-0.2, 0) is 0 Å². The number of para-hydroxylation sites is 4. The van der Waals surface area contributed by atoms with Crippen LogP contribution in [0.3, 0.4) is 0 Å². The van der Waals surface area contributed by atoms with Crippen molar-refractivity contribution in [3.63, 3.8) is 0 Å². The maximum absolute atomic E-state index is 6.21. The van der Waals surface area contributed by atoms with E-state index in [1.165, 1.54) is 10.8 Å². The van der Waals surface area contributed by atoms with E-state index in [1.54, 1.807) is 6.08 Å². The lowest BCUT2D eigenvalue weighted by Crippen LogP contribution is -2.10. The van der Waals surface area contributed by atoms with E-state index in [9.17, 15) is 0 Å². The quantitative estimate of drug-likeness (QED) is 0.144. The molecule has 12 rings (SSSR count). The number of nitrogens with zero attached hydrogens (tertiary/aromatic N) is 4. The number of rotatable bonds is 8. The molecule has 0 atom stereocenters. The summed E-state index contributed by atoms with van der Waals surface area (Å²) in [5, 5.41) is 9.08. The minimum Gasteiger partial charge on any atom is -0.456 e. The maximum Gasteiger partial charge on any atom is 0.235 e. The van der Waals surface area contributed by atoms with E-state index in [1.807, 2.05) is 42.5 Å². The summed E-state index contributed by atoms with van der Waals surface area (Å²) in [5.74, 6) is 0.582. The summed E-state index contributed by atoms with van der Waals surface area (Å²) in [4.78, 5) is 13.0. The van der Waals surface area contributed by atoms with Crippen molar-refractivity contribution < 1.29 is 4.42 Å². The van der Waals surface area contributed by atoms with Gasteiger partial charge in [-0.15, -0.1) is 0 Å². The standard InChI is InChI=1S/C58H38N4O/c1-2-3-19-40-35-52(39-31-32-56-51(34-39)46-26-15-17-30-55(46)63-56)60-58(59-40)62-53-29-16-14-28-48(53)57-47-27-13-12-25-45(47)50(37-54(57)62)49-36-43(33-38-18-10-11-24-44(38)49)61(41-20-6-4-7-21-41)42-22-8-5-9-23-42/h2-37H,1H2/b19-3-. The van der Waals surface area contributed by atoms with Crippen LogP contribution in [0.4, 0.5) is 17.1 Å². The molecule has 0 bridgehead atoms. The molecular formula is C58H38N4O. The molecule has 0 aliphatic rings. The van der Waals surface area contributed by atoms with Gasteiger partial charge in [-0.1, -0.05) is 140 Å². The molecule has 0 saturated carbocycles. The largest absolute Gasteiger partial charge is 0.456 e. The van der Waals surface area contributed by atoms with Crippen molar-refractivity contribution in [3.8, 4) is 28.3 Å². The molecule has 0 amide bonds.